The van der Waals surface area contributed by atoms with Crippen molar-refractivity contribution in [3.8, 4) is 0 Å². The van der Waals surface area contributed by atoms with Crippen LogP contribution in [0.25, 0.3) is 0 Å². The topological polar surface area (TPSA) is 81.1 Å². The smallest absolute Gasteiger partial charge is 0.247 e. The van der Waals surface area contributed by atoms with Crippen LogP contribution in [0.3, 0.4) is 0 Å². The van der Waals surface area contributed by atoms with Crippen molar-refractivity contribution in [2.45, 2.75) is 24.0 Å². The Morgan fingerprint density at radius 2 is 2.12 bits per heavy atom. The molecule has 1 amide bonds. The van der Waals surface area contributed by atoms with Crippen molar-refractivity contribution >= 4 is 23.4 Å². The quantitative estimate of drug-likeness (QED) is 0.251. The maximum Gasteiger partial charge on any atom is 0.247 e. The summed E-state index contributed by atoms with van der Waals surface area (Å²) in [5.74, 6) is 4.55. The van der Waals surface area contributed by atoms with Crippen LogP contribution in [0, 0.1) is 11.7 Å². The van der Waals surface area contributed by atoms with Crippen molar-refractivity contribution in [1.82, 2.24) is 5.43 Å². The van der Waals surface area contributed by atoms with Gasteiger partial charge in [-0.2, -0.15) is 0 Å². The molecule has 1 rings (SSSR count). The van der Waals surface area contributed by atoms with Crippen molar-refractivity contribution in [1.29, 1.82) is 0 Å². The van der Waals surface area contributed by atoms with Crippen molar-refractivity contribution in [2.75, 3.05) is 5.73 Å². The van der Waals surface area contributed by atoms with Gasteiger partial charge in [-0.15, -0.1) is 11.8 Å². The Balaban J connectivity index is 2.90. The predicted octanol–water partition coefficient (Wildman–Crippen LogP) is 1.51. The number of carbonyl (C=O) groups excluding carboxylic acids is 1. The second kappa shape index (κ2) is 5.88. The molecule has 0 aliphatic heterocycles. The molecule has 6 heteroatoms. The number of thioether (sulfide) groups is 1. The van der Waals surface area contributed by atoms with Crippen LogP contribution in [-0.4, -0.2) is 11.2 Å². The number of benzene rings is 1. The molecule has 0 radical (unpaired) electrons. The first-order valence-electron chi connectivity index (χ1n) is 5.18. The molecule has 0 fully saturated rings. The van der Waals surface area contributed by atoms with Crippen LogP contribution < -0.4 is 17.0 Å². The molecule has 0 saturated heterocycles. The first kappa shape index (κ1) is 13.8. The molecular formula is C11H16FN3OS. The average molecular weight is 257 g/mol. The van der Waals surface area contributed by atoms with E-state index in [0.29, 0.717) is 10.6 Å². The third-order valence-electron chi connectivity index (χ3n) is 2.23. The number of nitrogen functional groups attached to an aromatic ring is 1. The van der Waals surface area contributed by atoms with E-state index in [4.69, 9.17) is 11.6 Å². The number of hydrogen-bond acceptors (Lipinski definition) is 4. The summed E-state index contributed by atoms with van der Waals surface area (Å²) < 4.78 is 12.9. The Kier molecular flexibility index (Phi) is 4.77. The highest BCUT2D eigenvalue weighted by Crippen LogP contribution is 2.32. The molecule has 0 saturated carbocycles. The van der Waals surface area contributed by atoms with E-state index in [-0.39, 0.29) is 17.1 Å². The van der Waals surface area contributed by atoms with Crippen molar-refractivity contribution in [3.05, 3.63) is 24.0 Å². The number of hydrazine groups is 1. The summed E-state index contributed by atoms with van der Waals surface area (Å²) >= 11 is 1.28. The fourth-order valence-corrected chi connectivity index (χ4v) is 2.40. The minimum absolute atomic E-state index is 0.0907. The molecule has 1 atom stereocenters. The van der Waals surface area contributed by atoms with Crippen molar-refractivity contribution < 1.29 is 9.18 Å². The lowest BCUT2D eigenvalue weighted by Crippen LogP contribution is -2.39. The number of nitrogens with two attached hydrogens (primary N) is 2. The molecular weight excluding hydrogens is 241 g/mol. The number of amides is 1. The third kappa shape index (κ3) is 3.61. The van der Waals surface area contributed by atoms with Crippen LogP contribution in [0.2, 0.25) is 0 Å². The van der Waals surface area contributed by atoms with Gasteiger partial charge < -0.3 is 5.73 Å². The Hall–Kier alpha value is -1.27. The molecule has 0 aliphatic carbocycles. The Morgan fingerprint density at radius 1 is 1.47 bits per heavy atom. The van der Waals surface area contributed by atoms with Crippen LogP contribution in [-0.2, 0) is 4.79 Å². The number of anilines is 1. The molecule has 1 aromatic carbocycles. The lowest BCUT2D eigenvalue weighted by molar-refractivity contribution is -0.121. The van der Waals surface area contributed by atoms with Gasteiger partial charge in [0.15, 0.2) is 0 Å². The van der Waals surface area contributed by atoms with Gasteiger partial charge in [0.25, 0.3) is 0 Å². The maximum absolute atomic E-state index is 12.9. The molecule has 1 unspecified atom stereocenters. The standard InChI is InChI=1S/C11H16FN3OS/c1-6(2)10(11(16)15-14)17-9-4-3-7(12)5-8(9)13/h3-6,10H,13-14H2,1-2H3,(H,15,16). The first-order chi connectivity index (χ1) is 7.95. The van der Waals surface area contributed by atoms with Gasteiger partial charge >= 0.3 is 0 Å². The number of halogens is 1. The number of nitrogens with one attached hydrogen (secondary N) is 1. The predicted molar refractivity (Wildman–Crippen MR) is 67.6 cm³/mol. The number of hydrogen-bond donors (Lipinski definition) is 3. The van der Waals surface area contributed by atoms with Gasteiger partial charge in [-0.3, -0.25) is 10.2 Å². The van der Waals surface area contributed by atoms with Gasteiger partial charge in [0.05, 0.1) is 5.25 Å². The van der Waals surface area contributed by atoms with Crippen LogP contribution >= 0.6 is 11.8 Å². The van der Waals surface area contributed by atoms with Crippen molar-refractivity contribution in [3.63, 3.8) is 0 Å². The largest absolute Gasteiger partial charge is 0.398 e. The molecule has 94 valence electrons. The highest BCUT2D eigenvalue weighted by atomic mass is 32.2. The summed E-state index contributed by atoms with van der Waals surface area (Å²) in [6.45, 7) is 3.82. The average Bonchev–Trinajstić information content (AvgIpc) is 2.26. The number of carbonyl (C=O) groups is 1. The van der Waals surface area contributed by atoms with Crippen LogP contribution in [0.5, 0.6) is 0 Å². The minimum Gasteiger partial charge on any atom is -0.398 e. The molecule has 0 aliphatic rings. The van der Waals surface area contributed by atoms with E-state index < -0.39 is 5.82 Å². The van der Waals surface area contributed by atoms with Gasteiger partial charge in [0, 0.05) is 10.6 Å². The Morgan fingerprint density at radius 3 is 2.59 bits per heavy atom. The normalized spacial score (nSPS) is 12.5. The summed E-state index contributed by atoms with van der Waals surface area (Å²) in [6.07, 6.45) is 0. The van der Waals surface area contributed by atoms with E-state index in [1.54, 1.807) is 6.07 Å². The second-order valence-electron chi connectivity index (χ2n) is 3.97. The zero-order valence-electron chi connectivity index (χ0n) is 9.74. The second-order valence-corrected chi connectivity index (χ2v) is 5.16. The molecule has 0 aromatic heterocycles. The zero-order valence-corrected chi connectivity index (χ0v) is 10.6. The zero-order chi connectivity index (χ0) is 13.0. The van der Waals surface area contributed by atoms with Gasteiger partial charge in [-0.25, -0.2) is 10.2 Å². The van der Waals surface area contributed by atoms with E-state index in [0.717, 1.165) is 0 Å². The SMILES string of the molecule is CC(C)C(Sc1ccc(F)cc1N)C(=O)NN. The molecule has 0 bridgehead atoms. The lowest BCUT2D eigenvalue weighted by atomic mass is 10.1. The van der Waals surface area contributed by atoms with E-state index in [1.165, 1.54) is 23.9 Å². The van der Waals surface area contributed by atoms with Crippen LogP contribution in [0.4, 0.5) is 10.1 Å². The van der Waals surface area contributed by atoms with Crippen molar-refractivity contribution in [2.24, 2.45) is 11.8 Å². The highest BCUT2D eigenvalue weighted by molar-refractivity contribution is 8.00. The highest BCUT2D eigenvalue weighted by Gasteiger charge is 2.23. The Bertz CT molecular complexity index is 412. The lowest BCUT2D eigenvalue weighted by Gasteiger charge is -2.19. The van der Waals surface area contributed by atoms with E-state index in [9.17, 15) is 9.18 Å². The fourth-order valence-electron chi connectivity index (χ4n) is 1.34. The summed E-state index contributed by atoms with van der Waals surface area (Å²) in [7, 11) is 0. The summed E-state index contributed by atoms with van der Waals surface area (Å²) in [6, 6.07) is 4.12. The molecule has 17 heavy (non-hydrogen) atoms. The van der Waals surface area contributed by atoms with E-state index >= 15 is 0 Å². The Labute approximate surface area is 104 Å². The minimum atomic E-state index is -0.392. The molecule has 1 aromatic rings. The van der Waals surface area contributed by atoms with E-state index in [2.05, 4.69) is 5.43 Å². The van der Waals surface area contributed by atoms with Gasteiger partial charge in [-0.05, 0) is 24.1 Å². The monoisotopic (exact) mass is 257 g/mol. The molecule has 0 heterocycles. The molecule has 0 spiro atoms. The third-order valence-corrected chi connectivity index (χ3v) is 3.87. The molecule has 4 nitrogen and oxygen atoms in total. The summed E-state index contributed by atoms with van der Waals surface area (Å²) in [5, 5.41) is -0.354. The number of rotatable bonds is 4. The van der Waals surface area contributed by atoms with Gasteiger partial charge in [0.1, 0.15) is 5.82 Å². The maximum atomic E-state index is 12.9. The first-order valence-corrected chi connectivity index (χ1v) is 6.05. The summed E-state index contributed by atoms with van der Waals surface area (Å²) in [4.78, 5) is 12.2. The summed E-state index contributed by atoms with van der Waals surface area (Å²) in [5.41, 5.74) is 8.13. The van der Waals surface area contributed by atoms with Crippen LogP contribution in [0.15, 0.2) is 23.1 Å². The van der Waals surface area contributed by atoms with Crippen LogP contribution in [0.1, 0.15) is 13.8 Å². The van der Waals surface area contributed by atoms with Gasteiger partial charge in [-0.1, -0.05) is 13.8 Å². The fraction of sp³-hybridized carbons (Fsp3) is 0.364. The molecule has 5 N–H and O–H groups in total. The van der Waals surface area contributed by atoms with E-state index in [1.807, 2.05) is 13.8 Å². The van der Waals surface area contributed by atoms with Gasteiger partial charge in [0.2, 0.25) is 5.91 Å².